The number of nitrogens with one attached hydrogen (secondary N) is 3. The van der Waals surface area contributed by atoms with Crippen molar-refractivity contribution in [3.8, 4) is 5.75 Å². The standard InChI is InChI=1S/C22H34N4O4/c1-12(2)9-18(21-24-16-8-7-15(30-6)11-17(16)25-21)23-19(27)10-14(5)20(13(3)4)22(28)26-29/h7-8,11-14,18,20,29H,9-10H2,1-6H3,(H,23,27)(H,24,25)(H,26,28)/t14-,18-,20?/m0/s1. The lowest BCUT2D eigenvalue weighted by atomic mass is 9.82. The highest BCUT2D eigenvalue weighted by Crippen LogP contribution is 2.27. The topological polar surface area (TPSA) is 116 Å². The molecular formula is C22H34N4O4. The second kappa shape index (κ2) is 10.4. The maximum atomic E-state index is 12.8. The van der Waals surface area contributed by atoms with Gasteiger partial charge in [-0.15, -0.1) is 0 Å². The zero-order valence-corrected chi connectivity index (χ0v) is 18.7. The highest BCUT2D eigenvalue weighted by molar-refractivity contribution is 5.81. The average Bonchev–Trinajstić information content (AvgIpc) is 3.09. The lowest BCUT2D eigenvalue weighted by Gasteiger charge is -2.26. The van der Waals surface area contributed by atoms with Gasteiger partial charge in [0.2, 0.25) is 11.8 Å². The molecule has 0 radical (unpaired) electrons. The van der Waals surface area contributed by atoms with Gasteiger partial charge in [0.1, 0.15) is 11.6 Å². The highest BCUT2D eigenvalue weighted by atomic mass is 16.5. The molecule has 0 saturated carbocycles. The number of imidazole rings is 1. The minimum atomic E-state index is -0.463. The van der Waals surface area contributed by atoms with Gasteiger partial charge in [-0.2, -0.15) is 0 Å². The Balaban J connectivity index is 2.17. The van der Waals surface area contributed by atoms with Crippen molar-refractivity contribution in [1.82, 2.24) is 20.8 Å². The third-order valence-corrected chi connectivity index (χ3v) is 5.33. The van der Waals surface area contributed by atoms with Gasteiger partial charge in [-0.05, 0) is 36.3 Å². The summed E-state index contributed by atoms with van der Waals surface area (Å²) in [4.78, 5) is 32.8. The predicted octanol–water partition coefficient (Wildman–Crippen LogP) is 3.58. The van der Waals surface area contributed by atoms with Crippen LogP contribution >= 0.6 is 0 Å². The Hall–Kier alpha value is -2.61. The van der Waals surface area contributed by atoms with Crippen molar-refractivity contribution in [3.05, 3.63) is 24.0 Å². The van der Waals surface area contributed by atoms with Gasteiger partial charge in [0.15, 0.2) is 0 Å². The Morgan fingerprint density at radius 1 is 1.20 bits per heavy atom. The zero-order chi connectivity index (χ0) is 22.4. The Bertz CT molecular complexity index is 862. The molecular weight excluding hydrogens is 384 g/mol. The van der Waals surface area contributed by atoms with Crippen LogP contribution in [0, 0.1) is 23.7 Å². The van der Waals surface area contributed by atoms with E-state index in [0.29, 0.717) is 11.7 Å². The predicted molar refractivity (Wildman–Crippen MR) is 115 cm³/mol. The van der Waals surface area contributed by atoms with E-state index in [4.69, 9.17) is 9.94 Å². The minimum absolute atomic E-state index is 0.00300. The van der Waals surface area contributed by atoms with Crippen LogP contribution in [0.25, 0.3) is 11.0 Å². The van der Waals surface area contributed by atoms with Crippen molar-refractivity contribution in [2.24, 2.45) is 23.7 Å². The molecule has 0 aliphatic carbocycles. The number of methoxy groups -OCH3 is 1. The minimum Gasteiger partial charge on any atom is -0.497 e. The summed E-state index contributed by atoms with van der Waals surface area (Å²) in [7, 11) is 1.61. The van der Waals surface area contributed by atoms with E-state index >= 15 is 0 Å². The fourth-order valence-electron chi connectivity index (χ4n) is 3.98. The van der Waals surface area contributed by atoms with Gasteiger partial charge in [-0.3, -0.25) is 14.8 Å². The third-order valence-electron chi connectivity index (χ3n) is 5.33. The largest absolute Gasteiger partial charge is 0.497 e. The lowest BCUT2D eigenvalue weighted by Crippen LogP contribution is -2.38. The number of aromatic nitrogens is 2. The number of nitrogens with zero attached hydrogens (tertiary/aromatic N) is 1. The molecule has 0 aliphatic rings. The molecule has 2 rings (SSSR count). The summed E-state index contributed by atoms with van der Waals surface area (Å²) >= 11 is 0. The molecule has 0 fully saturated rings. The number of carbonyl (C=O) groups excluding carboxylic acids is 2. The second-order valence-electron chi connectivity index (χ2n) is 8.68. The van der Waals surface area contributed by atoms with Crippen LogP contribution in [0.2, 0.25) is 0 Å². The fourth-order valence-corrected chi connectivity index (χ4v) is 3.98. The number of amides is 2. The number of fused-ring (bicyclic) bond motifs is 1. The Kier molecular flexibility index (Phi) is 8.23. The molecule has 1 heterocycles. The van der Waals surface area contributed by atoms with Crippen molar-refractivity contribution in [1.29, 1.82) is 0 Å². The van der Waals surface area contributed by atoms with Gasteiger partial charge in [-0.25, -0.2) is 10.5 Å². The van der Waals surface area contributed by atoms with Gasteiger partial charge >= 0.3 is 0 Å². The SMILES string of the molecule is COc1ccc2nc([C@H](CC(C)C)NC(=O)C[C@H](C)C(C(=O)NO)C(C)C)[nH]c2c1. The first-order valence-corrected chi connectivity index (χ1v) is 10.4. The van der Waals surface area contributed by atoms with Gasteiger partial charge in [0, 0.05) is 18.4 Å². The van der Waals surface area contributed by atoms with Crippen molar-refractivity contribution < 1.29 is 19.5 Å². The molecule has 3 atom stereocenters. The summed E-state index contributed by atoms with van der Waals surface area (Å²) in [6.07, 6.45) is 0.903. The van der Waals surface area contributed by atoms with Crippen LogP contribution in [-0.4, -0.2) is 34.1 Å². The number of hydrogen-bond acceptors (Lipinski definition) is 5. The van der Waals surface area contributed by atoms with Crippen molar-refractivity contribution in [3.63, 3.8) is 0 Å². The number of rotatable bonds is 10. The number of hydrogen-bond donors (Lipinski definition) is 4. The Morgan fingerprint density at radius 2 is 1.90 bits per heavy atom. The number of aromatic amines is 1. The van der Waals surface area contributed by atoms with E-state index < -0.39 is 11.8 Å². The van der Waals surface area contributed by atoms with E-state index in [0.717, 1.165) is 23.2 Å². The molecule has 0 saturated heterocycles. The first-order chi connectivity index (χ1) is 14.2. The monoisotopic (exact) mass is 418 g/mol. The van der Waals surface area contributed by atoms with Crippen LogP contribution < -0.4 is 15.5 Å². The second-order valence-corrected chi connectivity index (χ2v) is 8.68. The van der Waals surface area contributed by atoms with E-state index in [1.54, 1.807) is 12.6 Å². The normalized spacial score (nSPS) is 14.6. The van der Waals surface area contributed by atoms with E-state index in [9.17, 15) is 9.59 Å². The number of H-pyrrole nitrogens is 1. The van der Waals surface area contributed by atoms with Gasteiger partial charge in [0.25, 0.3) is 0 Å². The summed E-state index contributed by atoms with van der Waals surface area (Å²) in [5.74, 6) is 0.479. The molecule has 0 aliphatic heterocycles. The Morgan fingerprint density at radius 3 is 2.47 bits per heavy atom. The molecule has 1 unspecified atom stereocenters. The summed E-state index contributed by atoms with van der Waals surface area (Å²) < 4.78 is 5.27. The molecule has 0 spiro atoms. The van der Waals surface area contributed by atoms with E-state index in [1.165, 1.54) is 0 Å². The van der Waals surface area contributed by atoms with E-state index in [1.807, 2.05) is 39.0 Å². The highest BCUT2D eigenvalue weighted by Gasteiger charge is 2.30. The molecule has 30 heavy (non-hydrogen) atoms. The zero-order valence-electron chi connectivity index (χ0n) is 18.7. The number of hydroxylamine groups is 1. The van der Waals surface area contributed by atoms with Gasteiger partial charge in [0.05, 0.1) is 24.2 Å². The summed E-state index contributed by atoms with van der Waals surface area (Å²) in [5, 5.41) is 12.1. The maximum absolute atomic E-state index is 12.8. The number of carbonyl (C=O) groups is 2. The first-order valence-electron chi connectivity index (χ1n) is 10.4. The number of benzene rings is 1. The van der Waals surface area contributed by atoms with Crippen molar-refractivity contribution in [2.45, 2.75) is 53.5 Å². The van der Waals surface area contributed by atoms with Crippen LogP contribution in [0.5, 0.6) is 5.75 Å². The molecule has 166 valence electrons. The van der Waals surface area contributed by atoms with Crippen LogP contribution in [-0.2, 0) is 9.59 Å². The summed E-state index contributed by atoms with van der Waals surface area (Å²) in [5.41, 5.74) is 3.38. The molecule has 2 aromatic rings. The quantitative estimate of drug-likeness (QED) is 0.348. The first kappa shape index (κ1) is 23.7. The molecule has 1 aromatic heterocycles. The van der Waals surface area contributed by atoms with Crippen molar-refractivity contribution in [2.75, 3.05) is 7.11 Å². The molecule has 2 amide bonds. The lowest BCUT2D eigenvalue weighted by molar-refractivity contribution is -0.137. The van der Waals surface area contributed by atoms with Crippen LogP contribution in [0.4, 0.5) is 0 Å². The van der Waals surface area contributed by atoms with E-state index in [2.05, 4.69) is 29.1 Å². The van der Waals surface area contributed by atoms with Crippen LogP contribution in [0.15, 0.2) is 18.2 Å². The fraction of sp³-hybridized carbons (Fsp3) is 0.591. The number of ether oxygens (including phenoxy) is 1. The molecule has 1 aromatic carbocycles. The maximum Gasteiger partial charge on any atom is 0.246 e. The Labute approximate surface area is 177 Å². The van der Waals surface area contributed by atoms with Gasteiger partial charge < -0.3 is 15.0 Å². The van der Waals surface area contributed by atoms with Crippen LogP contribution in [0.1, 0.15) is 59.3 Å². The van der Waals surface area contributed by atoms with Crippen molar-refractivity contribution >= 4 is 22.8 Å². The van der Waals surface area contributed by atoms with Gasteiger partial charge in [-0.1, -0.05) is 34.6 Å². The average molecular weight is 419 g/mol. The third kappa shape index (κ3) is 5.95. The molecule has 0 bridgehead atoms. The van der Waals surface area contributed by atoms with E-state index in [-0.39, 0.29) is 30.2 Å². The smallest absolute Gasteiger partial charge is 0.246 e. The molecule has 8 nitrogen and oxygen atoms in total. The summed E-state index contributed by atoms with van der Waals surface area (Å²) in [6, 6.07) is 5.34. The molecule has 4 N–H and O–H groups in total. The molecule has 8 heteroatoms. The summed E-state index contributed by atoms with van der Waals surface area (Å²) in [6.45, 7) is 9.84. The van der Waals surface area contributed by atoms with Crippen LogP contribution in [0.3, 0.4) is 0 Å².